The fraction of sp³-hybridized carbons (Fsp3) is 0.200. The Bertz CT molecular complexity index is 726. The number of imidazole rings is 1. The Morgan fingerprint density at radius 2 is 2.14 bits per heavy atom. The van der Waals surface area contributed by atoms with E-state index in [1.165, 1.54) is 15.8 Å². The quantitative estimate of drug-likeness (QED) is 0.852. The van der Waals surface area contributed by atoms with Gasteiger partial charge in [0, 0.05) is 18.8 Å². The Kier molecular flexibility index (Phi) is 3.48. The summed E-state index contributed by atoms with van der Waals surface area (Å²) in [5.74, 6) is 0.0882. The van der Waals surface area contributed by atoms with Gasteiger partial charge in [0.05, 0.1) is 12.3 Å². The monoisotopic (exact) mass is 279 g/mol. The summed E-state index contributed by atoms with van der Waals surface area (Å²) in [6, 6.07) is 11.8. The lowest BCUT2D eigenvalue weighted by molar-refractivity contribution is -0.131. The number of benzene rings is 1. The van der Waals surface area contributed by atoms with Crippen molar-refractivity contribution < 1.29 is 4.79 Å². The number of amides is 1. The maximum absolute atomic E-state index is 12.2. The lowest BCUT2D eigenvalue weighted by Crippen LogP contribution is -2.27. The maximum Gasteiger partial charge on any atom is 0.262 e. The van der Waals surface area contributed by atoms with E-state index in [2.05, 4.69) is 10.1 Å². The van der Waals surface area contributed by atoms with Crippen molar-refractivity contribution in [2.24, 2.45) is 5.10 Å². The number of hydrazone groups is 1. The zero-order valence-corrected chi connectivity index (χ0v) is 11.3. The maximum atomic E-state index is 12.2. The van der Waals surface area contributed by atoms with Crippen LogP contribution in [0.4, 0.5) is 0 Å². The highest BCUT2D eigenvalue weighted by Gasteiger charge is 2.22. The van der Waals surface area contributed by atoms with E-state index >= 15 is 0 Å². The second kappa shape index (κ2) is 5.59. The van der Waals surface area contributed by atoms with Crippen LogP contribution in [0.25, 0.3) is 0 Å². The van der Waals surface area contributed by atoms with Crippen LogP contribution in [0.3, 0.4) is 0 Å². The third kappa shape index (κ3) is 2.67. The highest BCUT2D eigenvalue weighted by molar-refractivity contribution is 6.02. The molecule has 0 N–H and O–H groups in total. The first-order valence-corrected chi connectivity index (χ1v) is 6.62. The highest BCUT2D eigenvalue weighted by Crippen LogP contribution is 2.14. The van der Waals surface area contributed by atoms with Crippen molar-refractivity contribution in [2.45, 2.75) is 13.0 Å². The summed E-state index contributed by atoms with van der Waals surface area (Å²) >= 11 is 0. The number of aromatic nitrogens is 2. The van der Waals surface area contributed by atoms with E-state index in [4.69, 9.17) is 5.26 Å². The summed E-state index contributed by atoms with van der Waals surface area (Å²) in [4.78, 5) is 16.1. The van der Waals surface area contributed by atoms with Crippen molar-refractivity contribution in [1.82, 2.24) is 14.6 Å². The van der Waals surface area contributed by atoms with E-state index in [0.717, 1.165) is 17.7 Å². The molecule has 21 heavy (non-hydrogen) atoms. The molecule has 1 aliphatic heterocycles. The van der Waals surface area contributed by atoms with Crippen molar-refractivity contribution in [3.8, 4) is 6.07 Å². The molecule has 1 amide bonds. The molecule has 2 heterocycles. The van der Waals surface area contributed by atoms with Gasteiger partial charge >= 0.3 is 0 Å². The molecule has 0 spiro atoms. The van der Waals surface area contributed by atoms with Crippen LogP contribution in [0.5, 0.6) is 0 Å². The van der Waals surface area contributed by atoms with E-state index < -0.39 is 0 Å². The minimum absolute atomic E-state index is 0.0778. The molecular formula is C15H13N5O. The number of nitrogens with zero attached hydrogens (tertiary/aromatic N) is 5. The standard InChI is InChI=1S/C15H13N5O/c16-10-14-17-7-9-19(14)11-15(21)20-8-6-13(18-20)12-4-2-1-3-5-12/h1-5,7,9H,6,8,11H2. The van der Waals surface area contributed by atoms with Gasteiger partial charge in [-0.3, -0.25) is 4.79 Å². The SMILES string of the molecule is N#Cc1nccn1CC(=O)N1CCC(c2ccccc2)=N1. The second-order valence-corrected chi connectivity index (χ2v) is 4.67. The summed E-state index contributed by atoms with van der Waals surface area (Å²) in [6.45, 7) is 0.647. The van der Waals surface area contributed by atoms with Gasteiger partial charge in [-0.25, -0.2) is 9.99 Å². The highest BCUT2D eigenvalue weighted by atomic mass is 16.2. The summed E-state index contributed by atoms with van der Waals surface area (Å²) in [5.41, 5.74) is 1.95. The number of carbonyl (C=O) groups is 1. The molecule has 0 unspecified atom stereocenters. The van der Waals surface area contributed by atoms with E-state index in [-0.39, 0.29) is 18.3 Å². The largest absolute Gasteiger partial charge is 0.313 e. The van der Waals surface area contributed by atoms with Gasteiger partial charge in [-0.2, -0.15) is 10.4 Å². The van der Waals surface area contributed by atoms with Crippen molar-refractivity contribution >= 4 is 11.6 Å². The van der Waals surface area contributed by atoms with Crippen LogP contribution in [0.1, 0.15) is 17.8 Å². The van der Waals surface area contributed by atoms with Gasteiger partial charge in [-0.05, 0) is 5.56 Å². The first kappa shape index (κ1) is 13.1. The van der Waals surface area contributed by atoms with Crippen molar-refractivity contribution in [3.63, 3.8) is 0 Å². The van der Waals surface area contributed by atoms with E-state index in [0.29, 0.717) is 6.54 Å². The molecule has 0 fully saturated rings. The fourth-order valence-electron chi connectivity index (χ4n) is 2.25. The first-order valence-electron chi connectivity index (χ1n) is 6.62. The van der Waals surface area contributed by atoms with Crippen LogP contribution in [-0.2, 0) is 11.3 Å². The van der Waals surface area contributed by atoms with E-state index in [9.17, 15) is 4.79 Å². The Morgan fingerprint density at radius 3 is 2.90 bits per heavy atom. The lowest BCUT2D eigenvalue weighted by Gasteiger charge is -2.11. The van der Waals surface area contributed by atoms with Crippen LogP contribution in [-0.4, -0.2) is 32.7 Å². The molecule has 0 radical (unpaired) electrons. The molecule has 3 rings (SSSR count). The van der Waals surface area contributed by atoms with Crippen LogP contribution in [0.15, 0.2) is 47.8 Å². The zero-order valence-electron chi connectivity index (χ0n) is 11.3. The molecule has 2 aromatic rings. The molecule has 6 heteroatoms. The summed E-state index contributed by atoms with van der Waals surface area (Å²) in [5, 5.41) is 14.7. The molecule has 0 atom stereocenters. The second-order valence-electron chi connectivity index (χ2n) is 4.67. The molecule has 1 aliphatic rings. The number of rotatable bonds is 3. The number of nitriles is 1. The smallest absolute Gasteiger partial charge is 0.262 e. The van der Waals surface area contributed by atoms with Gasteiger partial charge in [-0.15, -0.1) is 0 Å². The van der Waals surface area contributed by atoms with E-state index in [1.807, 2.05) is 36.4 Å². The van der Waals surface area contributed by atoms with Crippen LogP contribution >= 0.6 is 0 Å². The number of hydrogen-bond donors (Lipinski definition) is 0. The van der Waals surface area contributed by atoms with Crippen molar-refractivity contribution in [2.75, 3.05) is 6.54 Å². The van der Waals surface area contributed by atoms with Gasteiger partial charge in [-0.1, -0.05) is 30.3 Å². The lowest BCUT2D eigenvalue weighted by atomic mass is 10.1. The molecular weight excluding hydrogens is 266 g/mol. The van der Waals surface area contributed by atoms with Crippen molar-refractivity contribution in [3.05, 3.63) is 54.1 Å². The minimum Gasteiger partial charge on any atom is -0.313 e. The molecule has 1 aromatic heterocycles. The molecule has 0 bridgehead atoms. The average Bonchev–Trinajstić information content (AvgIpc) is 3.17. The third-order valence-electron chi connectivity index (χ3n) is 3.32. The zero-order chi connectivity index (χ0) is 14.7. The van der Waals surface area contributed by atoms with Gasteiger partial charge in [0.1, 0.15) is 12.6 Å². The Labute approximate surface area is 121 Å². The molecule has 0 saturated heterocycles. The van der Waals surface area contributed by atoms with Gasteiger partial charge < -0.3 is 4.57 Å². The summed E-state index contributed by atoms with van der Waals surface area (Å²) in [7, 11) is 0. The summed E-state index contributed by atoms with van der Waals surface area (Å²) < 4.78 is 1.53. The predicted molar refractivity (Wildman–Crippen MR) is 76.3 cm³/mol. The van der Waals surface area contributed by atoms with Gasteiger partial charge in [0.2, 0.25) is 5.82 Å². The topological polar surface area (TPSA) is 74.3 Å². The van der Waals surface area contributed by atoms with Crippen LogP contribution in [0, 0.1) is 11.3 Å². The Hall–Kier alpha value is -2.94. The van der Waals surface area contributed by atoms with Gasteiger partial charge in [0.25, 0.3) is 5.91 Å². The predicted octanol–water partition coefficient (Wildman–Crippen LogP) is 1.39. The molecule has 6 nitrogen and oxygen atoms in total. The van der Waals surface area contributed by atoms with Crippen LogP contribution < -0.4 is 0 Å². The molecule has 104 valence electrons. The van der Waals surface area contributed by atoms with Gasteiger partial charge in [0.15, 0.2) is 0 Å². The number of hydrogen-bond acceptors (Lipinski definition) is 4. The average molecular weight is 279 g/mol. The normalized spacial score (nSPS) is 13.9. The third-order valence-corrected chi connectivity index (χ3v) is 3.32. The number of carbonyl (C=O) groups excluding carboxylic acids is 1. The minimum atomic E-state index is -0.143. The van der Waals surface area contributed by atoms with E-state index in [1.54, 1.807) is 6.20 Å². The van der Waals surface area contributed by atoms with Crippen molar-refractivity contribution in [1.29, 1.82) is 5.26 Å². The first-order chi connectivity index (χ1) is 10.3. The molecule has 1 aromatic carbocycles. The fourth-order valence-corrected chi connectivity index (χ4v) is 2.25. The Morgan fingerprint density at radius 1 is 1.33 bits per heavy atom. The van der Waals surface area contributed by atoms with Crippen LogP contribution in [0.2, 0.25) is 0 Å². The molecule has 0 saturated carbocycles. The Balaban J connectivity index is 1.73. The summed E-state index contributed by atoms with van der Waals surface area (Å²) in [6.07, 6.45) is 3.87. The molecule has 0 aliphatic carbocycles.